The average molecular weight is 645 g/mol. The van der Waals surface area contributed by atoms with Gasteiger partial charge in [0.1, 0.15) is 0 Å². The first-order valence-corrected chi connectivity index (χ1v) is 15.8. The minimum absolute atomic E-state index is 0.304. The minimum atomic E-state index is -0.432. The number of carbonyl (C=O) groups is 3. The van der Waals surface area contributed by atoms with Crippen LogP contribution >= 0.6 is 0 Å². The zero-order valence-electron chi connectivity index (χ0n) is 27.3. The van der Waals surface area contributed by atoms with Crippen molar-refractivity contribution in [3.63, 3.8) is 0 Å². The topological polar surface area (TPSA) is 134 Å². The van der Waals surface area contributed by atoms with E-state index in [1.54, 1.807) is 0 Å². The Morgan fingerprint density at radius 2 is 0.689 bits per heavy atom. The van der Waals surface area contributed by atoms with Crippen molar-refractivity contribution in [1.82, 2.24) is 0 Å². The Kier molecular flexibility index (Phi) is 29.6. The number of esters is 3. The summed E-state index contributed by atoms with van der Waals surface area (Å²) in [5, 5.41) is 0. The lowest BCUT2D eigenvalue weighted by atomic mass is 9.88. The molecule has 0 saturated carbocycles. The minimum Gasteiger partial charge on any atom is -0.462 e. The van der Waals surface area contributed by atoms with Crippen LogP contribution in [0.3, 0.4) is 0 Å². The quantitative estimate of drug-likeness (QED) is 0.0434. The van der Waals surface area contributed by atoms with Crippen LogP contribution < -0.4 is 0 Å². The molecule has 0 unspecified atom stereocenters. The first-order valence-electron chi connectivity index (χ1n) is 15.8. The van der Waals surface area contributed by atoms with E-state index < -0.39 is 17.9 Å². The predicted octanol–water partition coefficient (Wildman–Crippen LogP) is 4.01. The van der Waals surface area contributed by atoms with Crippen molar-refractivity contribution in [2.24, 2.45) is 5.41 Å². The van der Waals surface area contributed by atoms with Crippen LogP contribution in [0.15, 0.2) is 38.0 Å². The molecule has 0 heterocycles. The van der Waals surface area contributed by atoms with Crippen molar-refractivity contribution in [2.45, 2.75) is 51.9 Å². The van der Waals surface area contributed by atoms with Crippen molar-refractivity contribution in [2.75, 3.05) is 99.1 Å². The molecule has 0 aromatic rings. The lowest BCUT2D eigenvalue weighted by Crippen LogP contribution is -2.37. The molecule has 0 aliphatic carbocycles. The summed E-state index contributed by atoms with van der Waals surface area (Å²) in [5.74, 6) is -1.29. The van der Waals surface area contributed by atoms with Gasteiger partial charge in [-0.25, -0.2) is 14.4 Å². The van der Waals surface area contributed by atoms with E-state index in [9.17, 15) is 14.4 Å². The molecule has 0 rings (SSSR count). The summed E-state index contributed by atoms with van der Waals surface area (Å²) in [6.07, 6.45) is 8.32. The van der Waals surface area contributed by atoms with E-state index in [0.29, 0.717) is 118 Å². The molecule has 0 bridgehead atoms. The number of rotatable bonds is 34. The van der Waals surface area contributed by atoms with Crippen LogP contribution in [-0.4, -0.2) is 117 Å². The smallest absolute Gasteiger partial charge is 0.330 e. The van der Waals surface area contributed by atoms with Crippen LogP contribution in [0.25, 0.3) is 0 Å². The molecule has 0 spiro atoms. The molecular formula is C33H56O12. The third-order valence-corrected chi connectivity index (χ3v) is 6.24. The van der Waals surface area contributed by atoms with Gasteiger partial charge in [-0.15, -0.1) is 0 Å². The van der Waals surface area contributed by atoms with E-state index in [2.05, 4.69) is 26.7 Å². The van der Waals surface area contributed by atoms with Crippen molar-refractivity contribution >= 4 is 17.9 Å². The van der Waals surface area contributed by atoms with Gasteiger partial charge >= 0.3 is 17.9 Å². The SMILES string of the molecule is C=CC(=O)OCCCOCCCOCC(CC)(COCCCOCCCOC(=O)C=C)COCCCOCCCOC(=O)C=C. The lowest BCUT2D eigenvalue weighted by molar-refractivity contribution is -0.139. The first kappa shape index (κ1) is 42.4. The Bertz CT molecular complexity index is 688. The number of ether oxygens (including phenoxy) is 9. The van der Waals surface area contributed by atoms with Crippen LogP contribution in [0, 0.1) is 5.41 Å². The van der Waals surface area contributed by atoms with Crippen LogP contribution in [0.1, 0.15) is 51.9 Å². The van der Waals surface area contributed by atoms with Gasteiger partial charge < -0.3 is 42.6 Å². The third kappa shape index (κ3) is 27.4. The summed E-state index contributed by atoms with van der Waals surface area (Å²) in [6, 6.07) is 0. The Hall–Kier alpha value is -2.61. The van der Waals surface area contributed by atoms with Gasteiger partial charge in [-0.1, -0.05) is 26.7 Å². The number of hydrogen-bond acceptors (Lipinski definition) is 12. The van der Waals surface area contributed by atoms with Crippen LogP contribution in [-0.2, 0) is 57.0 Å². The molecule has 0 fully saturated rings. The normalized spacial score (nSPS) is 11.1. The first-order chi connectivity index (χ1) is 21.9. The third-order valence-electron chi connectivity index (χ3n) is 6.24. The Balaban J connectivity index is 4.33. The fraction of sp³-hybridized carbons (Fsp3) is 0.727. The predicted molar refractivity (Wildman–Crippen MR) is 169 cm³/mol. The van der Waals surface area contributed by atoms with Gasteiger partial charge in [0.15, 0.2) is 0 Å². The summed E-state index contributed by atoms with van der Waals surface area (Å²) >= 11 is 0. The summed E-state index contributed by atoms with van der Waals surface area (Å²) in [6.45, 7) is 19.3. The molecule has 0 aromatic heterocycles. The van der Waals surface area contributed by atoms with Crippen molar-refractivity contribution in [3.8, 4) is 0 Å². The molecule has 0 aliphatic rings. The fourth-order valence-corrected chi connectivity index (χ4v) is 3.57. The largest absolute Gasteiger partial charge is 0.462 e. The molecule has 0 radical (unpaired) electrons. The second-order valence-electron chi connectivity index (χ2n) is 10.1. The molecule has 12 nitrogen and oxygen atoms in total. The maximum absolute atomic E-state index is 11.0. The summed E-state index contributed by atoms with van der Waals surface area (Å²) in [7, 11) is 0. The van der Waals surface area contributed by atoms with Gasteiger partial charge in [0.25, 0.3) is 0 Å². The van der Waals surface area contributed by atoms with E-state index in [1.165, 1.54) is 0 Å². The monoisotopic (exact) mass is 644 g/mol. The molecule has 0 aromatic carbocycles. The van der Waals surface area contributed by atoms with Crippen LogP contribution in [0.5, 0.6) is 0 Å². The van der Waals surface area contributed by atoms with Gasteiger partial charge in [0.2, 0.25) is 0 Å². The summed E-state index contributed by atoms with van der Waals surface area (Å²) in [4.78, 5) is 33.1. The molecule has 0 saturated heterocycles. The zero-order valence-corrected chi connectivity index (χ0v) is 27.3. The van der Waals surface area contributed by atoms with E-state index in [1.807, 2.05) is 0 Å². The number of hydrogen-bond donors (Lipinski definition) is 0. The molecule has 0 amide bonds. The van der Waals surface area contributed by atoms with Gasteiger partial charge in [-0.2, -0.15) is 0 Å². The van der Waals surface area contributed by atoms with Crippen LogP contribution in [0.4, 0.5) is 0 Å². The molecule has 45 heavy (non-hydrogen) atoms. The van der Waals surface area contributed by atoms with Crippen molar-refractivity contribution < 1.29 is 57.0 Å². The molecular weight excluding hydrogens is 588 g/mol. The van der Waals surface area contributed by atoms with Gasteiger partial charge in [-0.3, -0.25) is 0 Å². The Morgan fingerprint density at radius 1 is 0.444 bits per heavy atom. The Labute approximate surface area is 269 Å². The standard InChI is InChI=1S/C33H56O12/c1-5-30(34)43-24-12-18-37-15-9-21-40-27-33(8-4,28-41-22-10-16-38-19-13-25-44-31(35)6-2)29-42-23-11-17-39-20-14-26-45-32(36)7-3/h5-7H,1-3,8-29H2,4H3. The number of carbonyl (C=O) groups excluding carboxylic acids is 3. The van der Waals surface area contributed by atoms with Gasteiger partial charge in [0, 0.05) is 102 Å². The van der Waals surface area contributed by atoms with Crippen LogP contribution in [0.2, 0.25) is 0 Å². The summed E-state index contributed by atoms with van der Waals surface area (Å²) in [5.41, 5.74) is -0.304. The molecule has 12 heteroatoms. The van der Waals surface area contributed by atoms with Crippen molar-refractivity contribution in [1.29, 1.82) is 0 Å². The van der Waals surface area contributed by atoms with E-state index >= 15 is 0 Å². The highest BCUT2D eigenvalue weighted by Crippen LogP contribution is 2.24. The Morgan fingerprint density at radius 3 is 0.933 bits per heavy atom. The maximum Gasteiger partial charge on any atom is 0.330 e. The second kappa shape index (κ2) is 31.4. The molecule has 0 aliphatic heterocycles. The van der Waals surface area contributed by atoms with E-state index in [4.69, 9.17) is 42.6 Å². The zero-order chi connectivity index (χ0) is 33.3. The van der Waals surface area contributed by atoms with E-state index in [-0.39, 0.29) is 5.41 Å². The highest BCUT2D eigenvalue weighted by Gasteiger charge is 2.29. The highest BCUT2D eigenvalue weighted by molar-refractivity contribution is 5.81. The van der Waals surface area contributed by atoms with Gasteiger partial charge in [0.05, 0.1) is 39.6 Å². The van der Waals surface area contributed by atoms with Crippen molar-refractivity contribution in [3.05, 3.63) is 38.0 Å². The lowest BCUT2D eigenvalue weighted by Gasteiger charge is -2.32. The average Bonchev–Trinajstić information content (AvgIpc) is 3.06. The molecule has 260 valence electrons. The molecule has 0 atom stereocenters. The van der Waals surface area contributed by atoms with E-state index in [0.717, 1.165) is 43.9 Å². The molecule has 0 N–H and O–H groups in total. The van der Waals surface area contributed by atoms with Gasteiger partial charge in [-0.05, 0) is 25.7 Å². The highest BCUT2D eigenvalue weighted by atomic mass is 16.5. The maximum atomic E-state index is 11.0. The second-order valence-corrected chi connectivity index (χ2v) is 10.1. The fourth-order valence-electron chi connectivity index (χ4n) is 3.57. The summed E-state index contributed by atoms with van der Waals surface area (Å²) < 4.78 is 49.6.